The van der Waals surface area contributed by atoms with Crippen molar-refractivity contribution >= 4 is 28.8 Å². The molecule has 1 aromatic rings. The molecule has 72 valence electrons. The molecule has 1 rings (SSSR count). The molecule has 3 nitrogen and oxygen atoms in total. The van der Waals surface area contributed by atoms with Crippen LogP contribution in [-0.2, 0) is 4.79 Å². The maximum Gasteiger partial charge on any atom is 0.217 e. The second kappa shape index (κ2) is 4.60. The van der Waals surface area contributed by atoms with Gasteiger partial charge in [-0.05, 0) is 12.1 Å². The van der Waals surface area contributed by atoms with E-state index in [2.05, 4.69) is 5.32 Å². The molecule has 1 heterocycles. The lowest BCUT2D eigenvalue weighted by Gasteiger charge is -2.12. The first-order valence-electron chi connectivity index (χ1n) is 3.76. The zero-order chi connectivity index (χ0) is 9.84. The third-order valence-electron chi connectivity index (χ3n) is 1.50. The summed E-state index contributed by atoms with van der Waals surface area (Å²) in [6.07, 6.45) is 0. The summed E-state index contributed by atoms with van der Waals surface area (Å²) in [5, 5.41) is 11.6. The maximum atomic E-state index is 10.7. The fraction of sp³-hybridized carbons (Fsp3) is 0.375. The molecule has 5 heteroatoms. The summed E-state index contributed by atoms with van der Waals surface area (Å²) in [5.41, 5.74) is 0. The molecule has 1 aromatic heterocycles. The first-order valence-corrected chi connectivity index (χ1v) is 4.96. The summed E-state index contributed by atoms with van der Waals surface area (Å²) in [4.78, 5) is 11.6. The van der Waals surface area contributed by atoms with Gasteiger partial charge in [0.25, 0.3) is 0 Å². The van der Waals surface area contributed by atoms with Crippen LogP contribution < -0.4 is 5.32 Å². The second-order valence-corrected chi connectivity index (χ2v) is 4.32. The molecule has 0 radical (unpaired) electrons. The number of carbonyl (C=O) groups excluding carboxylic acids is 1. The van der Waals surface area contributed by atoms with E-state index in [1.165, 1.54) is 18.3 Å². The van der Waals surface area contributed by atoms with E-state index in [0.717, 1.165) is 4.88 Å². The number of thiophene rings is 1. The topological polar surface area (TPSA) is 49.3 Å². The van der Waals surface area contributed by atoms with Crippen LogP contribution in [0, 0.1) is 0 Å². The van der Waals surface area contributed by atoms with Crippen molar-refractivity contribution in [2.24, 2.45) is 0 Å². The van der Waals surface area contributed by atoms with Gasteiger partial charge in [0.15, 0.2) is 0 Å². The van der Waals surface area contributed by atoms with E-state index in [1.54, 1.807) is 12.1 Å². The van der Waals surface area contributed by atoms with Crippen molar-refractivity contribution in [2.45, 2.75) is 13.0 Å². The summed E-state index contributed by atoms with van der Waals surface area (Å²) in [7, 11) is 0. The third kappa shape index (κ3) is 2.99. The van der Waals surface area contributed by atoms with Gasteiger partial charge < -0.3 is 10.4 Å². The Morgan fingerprint density at radius 3 is 2.85 bits per heavy atom. The normalized spacial score (nSPS) is 12.5. The molecule has 13 heavy (non-hydrogen) atoms. The molecular formula is C8H10ClNO2S. The first-order chi connectivity index (χ1) is 6.13. The number of amides is 1. The monoisotopic (exact) mass is 219 g/mol. The summed E-state index contributed by atoms with van der Waals surface area (Å²) in [6, 6.07) is 3.20. The van der Waals surface area contributed by atoms with Crippen LogP contribution >= 0.6 is 22.9 Å². The molecule has 0 aliphatic heterocycles. The van der Waals surface area contributed by atoms with Crippen molar-refractivity contribution in [1.82, 2.24) is 5.32 Å². The number of carbonyl (C=O) groups is 1. The van der Waals surface area contributed by atoms with Gasteiger partial charge in [0.1, 0.15) is 0 Å². The van der Waals surface area contributed by atoms with E-state index >= 15 is 0 Å². The van der Waals surface area contributed by atoms with Crippen LogP contribution in [0.4, 0.5) is 0 Å². The standard InChI is InChI=1S/C8H10ClNO2S/c1-5(12)10-6(4-11)7-2-3-8(9)13-7/h2-3,6,11H,4H2,1H3,(H,10,12). The van der Waals surface area contributed by atoms with Crippen LogP contribution in [0.3, 0.4) is 0 Å². The SMILES string of the molecule is CC(=O)NC(CO)c1ccc(Cl)s1. The third-order valence-corrected chi connectivity index (χ3v) is 2.84. The van der Waals surface area contributed by atoms with Crippen molar-refractivity contribution in [3.63, 3.8) is 0 Å². The van der Waals surface area contributed by atoms with E-state index < -0.39 is 0 Å². The quantitative estimate of drug-likeness (QED) is 0.811. The second-order valence-electron chi connectivity index (χ2n) is 2.58. The summed E-state index contributed by atoms with van der Waals surface area (Å²) < 4.78 is 0.652. The number of aliphatic hydroxyl groups excluding tert-OH is 1. The van der Waals surface area contributed by atoms with Crippen molar-refractivity contribution in [2.75, 3.05) is 6.61 Å². The molecular weight excluding hydrogens is 210 g/mol. The van der Waals surface area contributed by atoms with Gasteiger partial charge in [-0.25, -0.2) is 0 Å². The zero-order valence-corrected chi connectivity index (χ0v) is 8.65. The highest BCUT2D eigenvalue weighted by molar-refractivity contribution is 7.16. The molecule has 0 spiro atoms. The van der Waals surface area contributed by atoms with E-state index in [9.17, 15) is 4.79 Å². The van der Waals surface area contributed by atoms with Gasteiger partial charge in [-0.2, -0.15) is 0 Å². The summed E-state index contributed by atoms with van der Waals surface area (Å²) in [5.74, 6) is -0.163. The van der Waals surface area contributed by atoms with Crippen LogP contribution in [0.5, 0.6) is 0 Å². The summed E-state index contributed by atoms with van der Waals surface area (Å²) >= 11 is 7.08. The van der Waals surface area contributed by atoms with Gasteiger partial charge in [-0.15, -0.1) is 11.3 Å². The van der Waals surface area contributed by atoms with Gasteiger partial charge in [-0.1, -0.05) is 11.6 Å². The van der Waals surface area contributed by atoms with Crippen LogP contribution in [0.15, 0.2) is 12.1 Å². The number of hydrogen-bond acceptors (Lipinski definition) is 3. The Hall–Kier alpha value is -0.580. The molecule has 0 saturated heterocycles. The lowest BCUT2D eigenvalue weighted by Crippen LogP contribution is -2.27. The Morgan fingerprint density at radius 1 is 1.77 bits per heavy atom. The Morgan fingerprint density at radius 2 is 2.46 bits per heavy atom. The van der Waals surface area contributed by atoms with Gasteiger partial charge in [-0.3, -0.25) is 4.79 Å². The van der Waals surface area contributed by atoms with Crippen molar-refractivity contribution in [3.05, 3.63) is 21.3 Å². The minimum absolute atomic E-state index is 0.115. The summed E-state index contributed by atoms with van der Waals surface area (Å²) in [6.45, 7) is 1.30. The Balaban J connectivity index is 2.72. The molecule has 1 atom stereocenters. The van der Waals surface area contributed by atoms with E-state index in [0.29, 0.717) is 4.34 Å². The molecule has 2 N–H and O–H groups in total. The van der Waals surface area contributed by atoms with Crippen LogP contribution in [0.2, 0.25) is 4.34 Å². The molecule has 0 fully saturated rings. The highest BCUT2D eigenvalue weighted by Gasteiger charge is 2.12. The molecule has 0 saturated carbocycles. The van der Waals surface area contributed by atoms with Gasteiger partial charge in [0.05, 0.1) is 17.0 Å². The predicted molar refractivity (Wildman–Crippen MR) is 53.0 cm³/mol. The smallest absolute Gasteiger partial charge is 0.217 e. The van der Waals surface area contributed by atoms with Crippen molar-refractivity contribution < 1.29 is 9.90 Å². The predicted octanol–water partition coefficient (Wildman–Crippen LogP) is 1.57. The van der Waals surface area contributed by atoms with Gasteiger partial charge in [0, 0.05) is 11.8 Å². The number of nitrogens with one attached hydrogen (secondary N) is 1. The minimum Gasteiger partial charge on any atom is -0.394 e. The molecule has 0 bridgehead atoms. The van der Waals surface area contributed by atoms with E-state index in [1.807, 2.05) is 0 Å². The fourth-order valence-electron chi connectivity index (χ4n) is 0.968. The number of aliphatic hydroxyl groups is 1. The van der Waals surface area contributed by atoms with Gasteiger partial charge >= 0.3 is 0 Å². The Labute approximate surface area is 85.3 Å². The van der Waals surface area contributed by atoms with Crippen molar-refractivity contribution in [3.8, 4) is 0 Å². The van der Waals surface area contributed by atoms with Gasteiger partial charge in [0.2, 0.25) is 5.91 Å². The number of hydrogen-bond donors (Lipinski definition) is 2. The molecule has 0 aromatic carbocycles. The average molecular weight is 220 g/mol. The van der Waals surface area contributed by atoms with E-state index in [4.69, 9.17) is 16.7 Å². The van der Waals surface area contributed by atoms with Crippen LogP contribution in [0.25, 0.3) is 0 Å². The highest BCUT2D eigenvalue weighted by Crippen LogP contribution is 2.26. The largest absolute Gasteiger partial charge is 0.394 e. The zero-order valence-electron chi connectivity index (χ0n) is 7.08. The Bertz CT molecular complexity index is 300. The molecule has 0 aliphatic carbocycles. The lowest BCUT2D eigenvalue weighted by molar-refractivity contribution is -0.120. The Kier molecular flexibility index (Phi) is 3.71. The highest BCUT2D eigenvalue weighted by atomic mass is 35.5. The maximum absolute atomic E-state index is 10.7. The molecule has 1 amide bonds. The molecule has 1 unspecified atom stereocenters. The van der Waals surface area contributed by atoms with Crippen LogP contribution in [0.1, 0.15) is 17.8 Å². The minimum atomic E-state index is -0.338. The first kappa shape index (κ1) is 10.5. The van der Waals surface area contributed by atoms with E-state index in [-0.39, 0.29) is 18.6 Å². The fourth-order valence-corrected chi connectivity index (χ4v) is 2.07. The van der Waals surface area contributed by atoms with Crippen LogP contribution in [-0.4, -0.2) is 17.6 Å². The molecule has 0 aliphatic rings. The van der Waals surface area contributed by atoms with Crippen molar-refractivity contribution in [1.29, 1.82) is 0 Å². The average Bonchev–Trinajstić information content (AvgIpc) is 2.47. The number of halogens is 1. The number of rotatable bonds is 3. The lowest BCUT2D eigenvalue weighted by atomic mass is 10.2.